The fraction of sp³-hybridized carbons (Fsp3) is 0.385. The average molecular weight is 408 g/mol. The van der Waals surface area contributed by atoms with Gasteiger partial charge in [-0.1, -0.05) is 0 Å². The van der Waals surface area contributed by atoms with Gasteiger partial charge in [0, 0.05) is 20.2 Å². The van der Waals surface area contributed by atoms with Gasteiger partial charge >= 0.3 is 0 Å². The van der Waals surface area contributed by atoms with Gasteiger partial charge in [0.15, 0.2) is 5.96 Å². The van der Waals surface area contributed by atoms with E-state index in [-0.39, 0.29) is 42.4 Å². The normalized spacial score (nSPS) is 10.4. The molecule has 3 N–H and O–H groups in total. The molecule has 1 aromatic carbocycles. The maximum atomic E-state index is 11.4. The Morgan fingerprint density at radius 2 is 2.00 bits per heavy atom. The fourth-order valence-electron chi connectivity index (χ4n) is 1.38. The predicted molar refractivity (Wildman–Crippen MR) is 93.8 cm³/mol. The van der Waals surface area contributed by atoms with Crippen molar-refractivity contribution in [1.82, 2.24) is 4.90 Å². The average Bonchev–Trinajstić information content (AvgIpc) is 2.44. The van der Waals surface area contributed by atoms with Gasteiger partial charge in [-0.25, -0.2) is 4.99 Å². The van der Waals surface area contributed by atoms with E-state index < -0.39 is 0 Å². The third-order valence-electron chi connectivity index (χ3n) is 2.55. The summed E-state index contributed by atoms with van der Waals surface area (Å²) in [7, 11) is 6.44. The summed E-state index contributed by atoms with van der Waals surface area (Å²) in [6.45, 7) is -0.0158. The molecule has 118 valence electrons. The molecular weight excluding hydrogens is 387 g/mol. The summed E-state index contributed by atoms with van der Waals surface area (Å²) in [6, 6.07) is 5.25. The zero-order valence-corrected chi connectivity index (χ0v) is 14.9. The Morgan fingerprint density at radius 3 is 2.52 bits per heavy atom. The SMILES string of the molecule is COc1ccc(OC)c(NC(N)=NCC(=O)N(C)C)c1.I. The molecule has 0 unspecified atom stereocenters. The molecule has 0 saturated carbocycles. The van der Waals surface area contributed by atoms with Gasteiger partial charge < -0.3 is 25.4 Å². The van der Waals surface area contributed by atoms with E-state index in [4.69, 9.17) is 15.2 Å². The van der Waals surface area contributed by atoms with Crippen molar-refractivity contribution >= 4 is 41.5 Å². The molecule has 0 heterocycles. The Balaban J connectivity index is 0.00000400. The van der Waals surface area contributed by atoms with Crippen molar-refractivity contribution in [1.29, 1.82) is 0 Å². The number of likely N-dealkylation sites (N-methyl/N-ethyl adjacent to an activating group) is 1. The van der Waals surface area contributed by atoms with Crippen LogP contribution in [0.5, 0.6) is 11.5 Å². The largest absolute Gasteiger partial charge is 0.497 e. The lowest BCUT2D eigenvalue weighted by molar-refractivity contribution is -0.127. The highest BCUT2D eigenvalue weighted by atomic mass is 127. The fourth-order valence-corrected chi connectivity index (χ4v) is 1.38. The lowest BCUT2D eigenvalue weighted by atomic mass is 10.2. The maximum Gasteiger partial charge on any atom is 0.243 e. The van der Waals surface area contributed by atoms with Crippen molar-refractivity contribution in [3.63, 3.8) is 0 Å². The molecule has 0 atom stereocenters. The number of hydrogen-bond donors (Lipinski definition) is 2. The number of amides is 1. The number of hydrogen-bond acceptors (Lipinski definition) is 4. The first-order valence-corrected chi connectivity index (χ1v) is 5.97. The summed E-state index contributed by atoms with van der Waals surface area (Å²) >= 11 is 0. The van der Waals surface area contributed by atoms with E-state index in [0.717, 1.165) is 0 Å². The van der Waals surface area contributed by atoms with Crippen molar-refractivity contribution in [2.24, 2.45) is 10.7 Å². The van der Waals surface area contributed by atoms with Gasteiger partial charge in [0.25, 0.3) is 0 Å². The number of carbonyl (C=O) groups is 1. The molecule has 0 fully saturated rings. The van der Waals surface area contributed by atoms with E-state index in [9.17, 15) is 4.79 Å². The lowest BCUT2D eigenvalue weighted by Gasteiger charge is -2.12. The highest BCUT2D eigenvalue weighted by Gasteiger charge is 2.07. The quantitative estimate of drug-likeness (QED) is 0.433. The van der Waals surface area contributed by atoms with Gasteiger partial charge in [0.1, 0.15) is 18.0 Å². The number of halogens is 1. The number of rotatable bonds is 5. The van der Waals surface area contributed by atoms with Crippen molar-refractivity contribution in [2.75, 3.05) is 40.2 Å². The van der Waals surface area contributed by atoms with E-state index in [1.165, 1.54) is 4.90 Å². The number of carbonyl (C=O) groups excluding carboxylic acids is 1. The molecular formula is C13H21IN4O3. The second-order valence-corrected chi connectivity index (χ2v) is 4.18. The molecule has 21 heavy (non-hydrogen) atoms. The molecule has 0 aliphatic carbocycles. The number of aliphatic imine (C=N–C) groups is 1. The van der Waals surface area contributed by atoms with Crippen LogP contribution in [0.3, 0.4) is 0 Å². The van der Waals surface area contributed by atoms with Gasteiger partial charge in [-0.2, -0.15) is 0 Å². The molecule has 0 bridgehead atoms. The third kappa shape index (κ3) is 6.06. The first kappa shape index (κ1) is 19.3. The summed E-state index contributed by atoms with van der Waals surface area (Å²) in [5.41, 5.74) is 6.36. The summed E-state index contributed by atoms with van der Waals surface area (Å²) in [6.07, 6.45) is 0. The van der Waals surface area contributed by atoms with Crippen LogP contribution in [-0.4, -0.2) is 51.6 Å². The molecule has 0 aliphatic rings. The molecule has 0 radical (unpaired) electrons. The van der Waals surface area contributed by atoms with Crippen LogP contribution >= 0.6 is 24.0 Å². The number of nitrogens with two attached hydrogens (primary N) is 1. The molecule has 1 rings (SSSR count). The second-order valence-electron chi connectivity index (χ2n) is 4.18. The van der Waals surface area contributed by atoms with Crippen LogP contribution in [0.1, 0.15) is 0 Å². The maximum absolute atomic E-state index is 11.4. The molecule has 8 heteroatoms. The zero-order chi connectivity index (χ0) is 15.1. The molecule has 7 nitrogen and oxygen atoms in total. The topological polar surface area (TPSA) is 89.2 Å². The monoisotopic (exact) mass is 408 g/mol. The Morgan fingerprint density at radius 1 is 1.33 bits per heavy atom. The number of anilines is 1. The summed E-state index contributed by atoms with van der Waals surface area (Å²) in [5.74, 6) is 1.26. The second kappa shape index (κ2) is 9.27. The van der Waals surface area contributed by atoms with Crippen LogP contribution in [0.2, 0.25) is 0 Å². The third-order valence-corrected chi connectivity index (χ3v) is 2.55. The number of methoxy groups -OCH3 is 2. The number of ether oxygens (including phenoxy) is 2. The minimum absolute atomic E-state index is 0. The standard InChI is InChI=1S/C13H20N4O3.HI/c1-17(2)12(18)8-15-13(14)16-10-7-9(19-3)5-6-11(10)20-4;/h5-7H,8H2,1-4H3,(H3,14,15,16);1H. The first-order chi connectivity index (χ1) is 9.47. The van der Waals surface area contributed by atoms with Gasteiger partial charge in [0.2, 0.25) is 5.91 Å². The molecule has 1 amide bonds. The van der Waals surface area contributed by atoms with Crippen LogP contribution in [0.15, 0.2) is 23.2 Å². The molecule has 0 saturated heterocycles. The summed E-state index contributed by atoms with van der Waals surface area (Å²) in [5, 5.41) is 2.88. The van der Waals surface area contributed by atoms with Crippen LogP contribution in [-0.2, 0) is 4.79 Å². The molecule has 0 spiro atoms. The van der Waals surface area contributed by atoms with Crippen molar-refractivity contribution in [3.8, 4) is 11.5 Å². The number of nitrogens with one attached hydrogen (secondary N) is 1. The van der Waals surface area contributed by atoms with E-state index in [0.29, 0.717) is 17.2 Å². The first-order valence-electron chi connectivity index (χ1n) is 5.97. The van der Waals surface area contributed by atoms with Crippen LogP contribution in [0.4, 0.5) is 5.69 Å². The molecule has 0 aromatic heterocycles. The van der Waals surface area contributed by atoms with E-state index in [2.05, 4.69) is 10.3 Å². The Bertz CT molecular complexity index is 506. The lowest BCUT2D eigenvalue weighted by Crippen LogP contribution is -2.28. The van der Waals surface area contributed by atoms with Crippen LogP contribution < -0.4 is 20.5 Å². The molecule has 1 aromatic rings. The number of benzene rings is 1. The van der Waals surface area contributed by atoms with Gasteiger partial charge in [-0.15, -0.1) is 24.0 Å². The Labute approximate surface area is 141 Å². The molecule has 0 aliphatic heterocycles. The van der Waals surface area contributed by atoms with Gasteiger partial charge in [-0.05, 0) is 12.1 Å². The number of nitrogens with zero attached hydrogens (tertiary/aromatic N) is 2. The van der Waals surface area contributed by atoms with E-state index in [1.807, 2.05) is 0 Å². The minimum atomic E-state index is -0.132. The smallest absolute Gasteiger partial charge is 0.243 e. The van der Waals surface area contributed by atoms with E-state index in [1.54, 1.807) is 46.5 Å². The highest BCUT2D eigenvalue weighted by Crippen LogP contribution is 2.28. The Kier molecular flexibility index (Phi) is 8.51. The Hall–Kier alpha value is -1.71. The summed E-state index contributed by atoms with van der Waals surface area (Å²) < 4.78 is 10.3. The van der Waals surface area contributed by atoms with Gasteiger partial charge in [-0.3, -0.25) is 4.79 Å². The highest BCUT2D eigenvalue weighted by molar-refractivity contribution is 14.0. The van der Waals surface area contributed by atoms with Crippen molar-refractivity contribution in [2.45, 2.75) is 0 Å². The predicted octanol–water partition coefficient (Wildman–Crippen LogP) is 1.14. The zero-order valence-electron chi connectivity index (χ0n) is 12.5. The van der Waals surface area contributed by atoms with Crippen molar-refractivity contribution in [3.05, 3.63) is 18.2 Å². The van der Waals surface area contributed by atoms with Crippen LogP contribution in [0.25, 0.3) is 0 Å². The summed E-state index contributed by atoms with van der Waals surface area (Å²) in [4.78, 5) is 16.8. The minimum Gasteiger partial charge on any atom is -0.497 e. The van der Waals surface area contributed by atoms with Crippen molar-refractivity contribution < 1.29 is 14.3 Å². The van der Waals surface area contributed by atoms with Crippen LogP contribution in [0, 0.1) is 0 Å². The number of guanidine groups is 1. The van der Waals surface area contributed by atoms with E-state index >= 15 is 0 Å². The van der Waals surface area contributed by atoms with Gasteiger partial charge in [0.05, 0.1) is 19.9 Å².